The second kappa shape index (κ2) is 5.65. The van der Waals surface area contributed by atoms with Crippen molar-refractivity contribution in [3.8, 4) is 0 Å². The van der Waals surface area contributed by atoms with Gasteiger partial charge in [-0.1, -0.05) is 13.3 Å². The Kier molecular flexibility index (Phi) is 4.95. The van der Waals surface area contributed by atoms with Crippen molar-refractivity contribution >= 4 is 10.2 Å². The van der Waals surface area contributed by atoms with E-state index in [9.17, 15) is 8.42 Å². The smallest absolute Gasteiger partial charge is 0.282 e. The minimum absolute atomic E-state index is 0.327. The Morgan fingerprint density at radius 2 is 1.76 bits per heavy atom. The number of rotatable bonds is 5. The van der Waals surface area contributed by atoms with E-state index < -0.39 is 15.7 Å². The lowest BCUT2D eigenvalue weighted by Gasteiger charge is -2.40. The molecule has 0 bridgehead atoms. The van der Waals surface area contributed by atoms with Crippen LogP contribution in [-0.4, -0.2) is 48.7 Å². The first-order valence-corrected chi connectivity index (χ1v) is 7.74. The molecule has 0 saturated carbocycles. The van der Waals surface area contributed by atoms with Gasteiger partial charge in [0.25, 0.3) is 10.2 Å². The van der Waals surface area contributed by atoms with Crippen molar-refractivity contribution in [2.45, 2.75) is 45.6 Å². The zero-order valence-electron chi connectivity index (χ0n) is 11.1. The molecule has 1 saturated heterocycles. The first-order chi connectivity index (χ1) is 7.86. The molecule has 0 unspecified atom stereocenters. The average molecular weight is 263 g/mol. The van der Waals surface area contributed by atoms with E-state index >= 15 is 0 Å². The van der Waals surface area contributed by atoms with Gasteiger partial charge in [0, 0.05) is 31.7 Å². The first-order valence-electron chi connectivity index (χ1n) is 6.34. The average Bonchev–Trinajstić information content (AvgIpc) is 2.30. The molecule has 0 amide bonds. The van der Waals surface area contributed by atoms with Gasteiger partial charge in [-0.3, -0.25) is 0 Å². The van der Waals surface area contributed by atoms with Crippen LogP contribution in [0, 0.1) is 0 Å². The molecular weight excluding hydrogens is 238 g/mol. The molecule has 0 aliphatic carbocycles. The number of nitrogens with two attached hydrogens (primary N) is 1. The molecule has 0 aromatic heterocycles. The maximum Gasteiger partial charge on any atom is 0.282 e. The van der Waals surface area contributed by atoms with Gasteiger partial charge >= 0.3 is 0 Å². The van der Waals surface area contributed by atoms with Gasteiger partial charge in [-0.15, -0.1) is 0 Å². The monoisotopic (exact) mass is 263 g/mol. The summed E-state index contributed by atoms with van der Waals surface area (Å²) >= 11 is 0. The van der Waals surface area contributed by atoms with Gasteiger partial charge in [-0.05, 0) is 26.7 Å². The molecule has 1 aliphatic rings. The van der Waals surface area contributed by atoms with Gasteiger partial charge in [0.1, 0.15) is 0 Å². The van der Waals surface area contributed by atoms with Crippen molar-refractivity contribution in [2.75, 3.05) is 26.2 Å². The summed E-state index contributed by atoms with van der Waals surface area (Å²) in [5.74, 6) is 0. The Labute approximate surface area is 105 Å². The number of likely N-dealkylation sites (N-methyl/N-ethyl adjacent to an activating group) is 1. The lowest BCUT2D eigenvalue weighted by Crippen LogP contribution is -2.57. The molecule has 2 N–H and O–H groups in total. The van der Waals surface area contributed by atoms with Gasteiger partial charge in [0.15, 0.2) is 0 Å². The largest absolute Gasteiger partial charge is 0.329 e. The van der Waals surface area contributed by atoms with Gasteiger partial charge in [0.05, 0.1) is 0 Å². The summed E-state index contributed by atoms with van der Waals surface area (Å²) in [6.07, 6.45) is 3.04. The summed E-state index contributed by atoms with van der Waals surface area (Å²) in [7, 11) is -3.36. The molecule has 1 rings (SSSR count). The van der Waals surface area contributed by atoms with Crippen LogP contribution in [0.3, 0.4) is 0 Å². The molecule has 1 fully saturated rings. The summed E-state index contributed by atoms with van der Waals surface area (Å²) in [6.45, 7) is 7.67. The first kappa shape index (κ1) is 14.9. The van der Waals surface area contributed by atoms with E-state index in [0.29, 0.717) is 26.2 Å². The fourth-order valence-corrected chi connectivity index (χ4v) is 4.26. The quantitative estimate of drug-likeness (QED) is 0.797. The number of piperidine rings is 1. The molecule has 6 heteroatoms. The van der Waals surface area contributed by atoms with Crippen LogP contribution in [0.5, 0.6) is 0 Å². The second-order valence-corrected chi connectivity index (χ2v) is 7.00. The molecule has 17 heavy (non-hydrogen) atoms. The molecule has 1 heterocycles. The van der Waals surface area contributed by atoms with Crippen LogP contribution in [0.4, 0.5) is 0 Å². The zero-order valence-corrected chi connectivity index (χ0v) is 12.0. The van der Waals surface area contributed by atoms with E-state index in [2.05, 4.69) is 0 Å². The Morgan fingerprint density at radius 3 is 2.18 bits per heavy atom. The molecule has 0 spiro atoms. The fraction of sp³-hybridized carbons (Fsp3) is 1.00. The molecule has 5 nitrogen and oxygen atoms in total. The van der Waals surface area contributed by atoms with Gasteiger partial charge in [-0.25, -0.2) is 0 Å². The van der Waals surface area contributed by atoms with E-state index in [4.69, 9.17) is 5.73 Å². The minimum Gasteiger partial charge on any atom is -0.329 e. The maximum absolute atomic E-state index is 12.5. The van der Waals surface area contributed by atoms with E-state index in [0.717, 1.165) is 19.3 Å². The molecular formula is C11H25N3O2S. The highest BCUT2D eigenvalue weighted by Crippen LogP contribution is 2.23. The Morgan fingerprint density at radius 1 is 1.24 bits per heavy atom. The highest BCUT2D eigenvalue weighted by molar-refractivity contribution is 7.86. The van der Waals surface area contributed by atoms with E-state index in [1.54, 1.807) is 4.31 Å². The van der Waals surface area contributed by atoms with Crippen molar-refractivity contribution in [3.63, 3.8) is 0 Å². The van der Waals surface area contributed by atoms with Crippen molar-refractivity contribution < 1.29 is 8.42 Å². The highest BCUT2D eigenvalue weighted by atomic mass is 32.2. The van der Waals surface area contributed by atoms with Crippen molar-refractivity contribution in [2.24, 2.45) is 5.73 Å². The van der Waals surface area contributed by atoms with Crippen LogP contribution in [-0.2, 0) is 10.2 Å². The zero-order chi connectivity index (χ0) is 13.1. The summed E-state index contributed by atoms with van der Waals surface area (Å²) in [5, 5.41) is 0. The Bertz CT molecular complexity index is 335. The number of hydrogen-bond donors (Lipinski definition) is 1. The Balaban J connectivity index is 2.93. The molecule has 1 aliphatic heterocycles. The minimum atomic E-state index is -3.36. The predicted octanol–water partition coefficient (Wildman–Crippen LogP) is 0.776. The summed E-state index contributed by atoms with van der Waals surface area (Å²) in [4.78, 5) is 0. The van der Waals surface area contributed by atoms with Crippen LogP contribution < -0.4 is 5.73 Å². The lowest BCUT2D eigenvalue weighted by molar-refractivity contribution is 0.215. The standard InChI is InChI=1S/C11H25N3O2S/c1-4-14(11(2,3)10-12)17(15,16)13-8-6-5-7-9-13/h4-10,12H2,1-3H3. The second-order valence-electron chi connectivity index (χ2n) is 5.15. The molecule has 102 valence electrons. The highest BCUT2D eigenvalue weighted by Gasteiger charge is 2.38. The maximum atomic E-state index is 12.5. The van der Waals surface area contributed by atoms with Gasteiger partial charge in [0.2, 0.25) is 0 Å². The normalized spacial score (nSPS) is 19.8. The van der Waals surface area contributed by atoms with Crippen molar-refractivity contribution in [3.05, 3.63) is 0 Å². The van der Waals surface area contributed by atoms with Crippen molar-refractivity contribution in [1.29, 1.82) is 0 Å². The number of hydrogen-bond acceptors (Lipinski definition) is 3. The molecule has 0 atom stereocenters. The summed E-state index contributed by atoms with van der Waals surface area (Å²) in [6, 6.07) is 0. The SMILES string of the molecule is CCN(C(C)(C)CN)S(=O)(=O)N1CCCCC1. The molecule has 0 aromatic rings. The predicted molar refractivity (Wildman–Crippen MR) is 69.9 cm³/mol. The van der Waals surface area contributed by atoms with Gasteiger partial charge < -0.3 is 5.73 Å². The van der Waals surface area contributed by atoms with Crippen LogP contribution >= 0.6 is 0 Å². The number of nitrogens with zero attached hydrogens (tertiary/aromatic N) is 2. The van der Waals surface area contributed by atoms with E-state index in [-0.39, 0.29) is 0 Å². The van der Waals surface area contributed by atoms with E-state index in [1.165, 1.54) is 4.31 Å². The summed E-state index contributed by atoms with van der Waals surface area (Å²) in [5.41, 5.74) is 5.16. The fourth-order valence-electron chi connectivity index (χ4n) is 2.24. The van der Waals surface area contributed by atoms with Crippen LogP contribution in [0.25, 0.3) is 0 Å². The third kappa shape index (κ3) is 3.19. The summed E-state index contributed by atoms with van der Waals surface area (Å²) < 4.78 is 28.2. The van der Waals surface area contributed by atoms with Crippen molar-refractivity contribution in [1.82, 2.24) is 8.61 Å². The third-order valence-electron chi connectivity index (χ3n) is 3.38. The third-order valence-corrected chi connectivity index (χ3v) is 5.71. The Hall–Kier alpha value is -0.170. The topological polar surface area (TPSA) is 66.6 Å². The van der Waals surface area contributed by atoms with Gasteiger partial charge in [-0.2, -0.15) is 17.0 Å². The lowest BCUT2D eigenvalue weighted by atomic mass is 10.1. The van der Waals surface area contributed by atoms with Crippen LogP contribution in [0.2, 0.25) is 0 Å². The van der Waals surface area contributed by atoms with Crippen LogP contribution in [0.1, 0.15) is 40.0 Å². The molecule has 0 radical (unpaired) electrons. The molecule has 0 aromatic carbocycles. The van der Waals surface area contributed by atoms with Crippen LogP contribution in [0.15, 0.2) is 0 Å². The van der Waals surface area contributed by atoms with E-state index in [1.807, 2.05) is 20.8 Å².